The van der Waals surface area contributed by atoms with Crippen LogP contribution in [0.1, 0.15) is 18.4 Å². The number of hydrogen-bond acceptors (Lipinski definition) is 3. The van der Waals surface area contributed by atoms with Crippen LogP contribution >= 0.6 is 24.8 Å². The summed E-state index contributed by atoms with van der Waals surface area (Å²) in [5, 5.41) is 6.04. The molecule has 0 atom stereocenters. The van der Waals surface area contributed by atoms with Gasteiger partial charge in [0.1, 0.15) is 0 Å². The van der Waals surface area contributed by atoms with Crippen molar-refractivity contribution in [2.24, 2.45) is 0 Å². The monoisotopic (exact) mass is 355 g/mol. The van der Waals surface area contributed by atoms with E-state index in [2.05, 4.69) is 21.7 Å². The Morgan fingerprint density at radius 1 is 1.09 bits per heavy atom. The summed E-state index contributed by atoms with van der Waals surface area (Å²) in [5.41, 5.74) is 4.11. The van der Waals surface area contributed by atoms with Crippen LogP contribution in [-0.2, 0) is 4.79 Å². The van der Waals surface area contributed by atoms with Crippen molar-refractivity contribution in [2.45, 2.75) is 19.8 Å². The molecule has 126 valence electrons. The van der Waals surface area contributed by atoms with E-state index >= 15 is 0 Å². The SMILES string of the molecule is CNCCCC(=O)Nc1cc(-c2ccncc2)ccc1C.Cl.Cl. The zero-order valence-corrected chi connectivity index (χ0v) is 15.0. The molecule has 0 bridgehead atoms. The smallest absolute Gasteiger partial charge is 0.224 e. The van der Waals surface area contributed by atoms with Gasteiger partial charge in [0.25, 0.3) is 0 Å². The lowest BCUT2D eigenvalue weighted by atomic mass is 10.0. The van der Waals surface area contributed by atoms with E-state index in [9.17, 15) is 4.79 Å². The van der Waals surface area contributed by atoms with Crippen molar-refractivity contribution in [2.75, 3.05) is 18.9 Å². The molecule has 1 aromatic carbocycles. The summed E-state index contributed by atoms with van der Waals surface area (Å²) in [4.78, 5) is 16.0. The molecule has 6 heteroatoms. The van der Waals surface area contributed by atoms with Crippen LogP contribution in [0.15, 0.2) is 42.7 Å². The summed E-state index contributed by atoms with van der Waals surface area (Å²) >= 11 is 0. The molecule has 1 heterocycles. The van der Waals surface area contributed by atoms with Crippen LogP contribution in [0.5, 0.6) is 0 Å². The Hall–Kier alpha value is -1.62. The highest BCUT2D eigenvalue weighted by Gasteiger charge is 2.06. The maximum absolute atomic E-state index is 11.9. The third-order valence-corrected chi connectivity index (χ3v) is 3.36. The minimum absolute atomic E-state index is 0. The number of benzene rings is 1. The second kappa shape index (κ2) is 11.0. The summed E-state index contributed by atoms with van der Waals surface area (Å²) < 4.78 is 0. The van der Waals surface area contributed by atoms with E-state index in [1.54, 1.807) is 12.4 Å². The number of pyridine rings is 1. The highest BCUT2D eigenvalue weighted by Crippen LogP contribution is 2.25. The van der Waals surface area contributed by atoms with Gasteiger partial charge in [-0.15, -0.1) is 24.8 Å². The molecule has 2 rings (SSSR count). The van der Waals surface area contributed by atoms with Gasteiger partial charge < -0.3 is 10.6 Å². The first-order valence-electron chi connectivity index (χ1n) is 7.16. The number of aryl methyl sites for hydroxylation is 1. The molecule has 0 aliphatic heterocycles. The van der Waals surface area contributed by atoms with Gasteiger partial charge in [-0.1, -0.05) is 12.1 Å². The number of nitrogens with zero attached hydrogens (tertiary/aromatic N) is 1. The fraction of sp³-hybridized carbons (Fsp3) is 0.294. The number of rotatable bonds is 6. The lowest BCUT2D eigenvalue weighted by molar-refractivity contribution is -0.116. The minimum Gasteiger partial charge on any atom is -0.326 e. The molecular weight excluding hydrogens is 333 g/mol. The molecule has 0 saturated carbocycles. The molecule has 1 aromatic heterocycles. The first-order chi connectivity index (χ1) is 10.2. The molecule has 0 aliphatic rings. The summed E-state index contributed by atoms with van der Waals surface area (Å²) in [5.74, 6) is 0.0558. The molecule has 0 spiro atoms. The quantitative estimate of drug-likeness (QED) is 0.774. The number of amides is 1. The molecule has 2 N–H and O–H groups in total. The van der Waals surface area contributed by atoms with Crippen molar-refractivity contribution in [3.05, 3.63) is 48.3 Å². The van der Waals surface area contributed by atoms with Gasteiger partial charge in [-0.25, -0.2) is 0 Å². The Balaban J connectivity index is 0.00000242. The van der Waals surface area contributed by atoms with Gasteiger partial charge >= 0.3 is 0 Å². The van der Waals surface area contributed by atoms with Gasteiger partial charge in [-0.05, 0) is 61.8 Å². The second-order valence-electron chi connectivity index (χ2n) is 5.02. The van der Waals surface area contributed by atoms with Crippen molar-refractivity contribution in [3.63, 3.8) is 0 Å². The van der Waals surface area contributed by atoms with Gasteiger partial charge in [-0.2, -0.15) is 0 Å². The highest BCUT2D eigenvalue weighted by atomic mass is 35.5. The molecule has 2 aromatic rings. The fourth-order valence-electron chi connectivity index (χ4n) is 2.12. The second-order valence-corrected chi connectivity index (χ2v) is 5.02. The molecule has 4 nitrogen and oxygen atoms in total. The van der Waals surface area contributed by atoms with E-state index in [1.807, 2.05) is 38.2 Å². The molecular formula is C17H23Cl2N3O. The third-order valence-electron chi connectivity index (χ3n) is 3.36. The van der Waals surface area contributed by atoms with Gasteiger partial charge in [0.05, 0.1) is 0 Å². The summed E-state index contributed by atoms with van der Waals surface area (Å²) in [6, 6.07) is 10.0. The Bertz CT molecular complexity index is 606. The normalized spacial score (nSPS) is 9.48. The van der Waals surface area contributed by atoms with Crippen molar-refractivity contribution in [3.8, 4) is 11.1 Å². The van der Waals surface area contributed by atoms with Gasteiger partial charge in [0.15, 0.2) is 0 Å². The lowest BCUT2D eigenvalue weighted by Gasteiger charge is -2.11. The number of anilines is 1. The van der Waals surface area contributed by atoms with E-state index in [0.717, 1.165) is 35.3 Å². The van der Waals surface area contributed by atoms with Crippen LogP contribution in [0, 0.1) is 6.92 Å². The van der Waals surface area contributed by atoms with E-state index in [4.69, 9.17) is 0 Å². The highest BCUT2D eigenvalue weighted by molar-refractivity contribution is 5.92. The van der Waals surface area contributed by atoms with Gasteiger partial charge in [0.2, 0.25) is 5.91 Å². The molecule has 0 radical (unpaired) electrons. The number of halogens is 2. The average molecular weight is 356 g/mol. The number of carbonyl (C=O) groups is 1. The topological polar surface area (TPSA) is 54.0 Å². The Labute approximate surface area is 149 Å². The summed E-state index contributed by atoms with van der Waals surface area (Å²) in [7, 11) is 1.89. The Kier molecular flexibility index (Phi) is 10.2. The zero-order valence-electron chi connectivity index (χ0n) is 13.3. The van der Waals surface area contributed by atoms with Gasteiger partial charge in [-0.3, -0.25) is 9.78 Å². The van der Waals surface area contributed by atoms with Gasteiger partial charge in [0, 0.05) is 24.5 Å². The predicted molar refractivity (Wildman–Crippen MR) is 101 cm³/mol. The molecule has 0 fully saturated rings. The molecule has 0 saturated heterocycles. The lowest BCUT2D eigenvalue weighted by Crippen LogP contribution is -2.15. The molecule has 0 unspecified atom stereocenters. The van der Waals surface area contributed by atoms with Crippen LogP contribution in [0.3, 0.4) is 0 Å². The Morgan fingerprint density at radius 2 is 1.78 bits per heavy atom. The van der Waals surface area contributed by atoms with E-state index in [-0.39, 0.29) is 30.7 Å². The maximum Gasteiger partial charge on any atom is 0.224 e. The van der Waals surface area contributed by atoms with E-state index < -0.39 is 0 Å². The van der Waals surface area contributed by atoms with Crippen LogP contribution < -0.4 is 10.6 Å². The Morgan fingerprint density at radius 3 is 2.43 bits per heavy atom. The predicted octanol–water partition coefficient (Wildman–Crippen LogP) is 3.84. The van der Waals surface area contributed by atoms with Crippen LogP contribution in [-0.4, -0.2) is 24.5 Å². The molecule has 1 amide bonds. The summed E-state index contributed by atoms with van der Waals surface area (Å²) in [6.07, 6.45) is 4.90. The zero-order chi connectivity index (χ0) is 15.1. The number of hydrogen-bond donors (Lipinski definition) is 2. The number of nitrogens with one attached hydrogen (secondary N) is 2. The average Bonchev–Trinajstić information content (AvgIpc) is 2.51. The largest absolute Gasteiger partial charge is 0.326 e. The summed E-state index contributed by atoms with van der Waals surface area (Å²) in [6.45, 7) is 2.85. The van der Waals surface area contributed by atoms with Crippen LogP contribution in [0.25, 0.3) is 11.1 Å². The molecule has 0 aliphatic carbocycles. The van der Waals surface area contributed by atoms with Crippen molar-refractivity contribution in [1.82, 2.24) is 10.3 Å². The standard InChI is InChI=1S/C17H21N3O.2ClH/c1-13-5-6-15(14-7-10-19-11-8-14)12-16(13)20-17(21)4-3-9-18-2;;/h5-8,10-12,18H,3-4,9H2,1-2H3,(H,20,21);2*1H. The van der Waals surface area contributed by atoms with E-state index in [0.29, 0.717) is 6.42 Å². The number of aromatic nitrogens is 1. The third kappa shape index (κ3) is 6.57. The first kappa shape index (κ1) is 21.4. The fourth-order valence-corrected chi connectivity index (χ4v) is 2.12. The van der Waals surface area contributed by atoms with Crippen molar-refractivity contribution < 1.29 is 4.79 Å². The molecule has 23 heavy (non-hydrogen) atoms. The number of carbonyl (C=O) groups excluding carboxylic acids is 1. The first-order valence-corrected chi connectivity index (χ1v) is 7.16. The van der Waals surface area contributed by atoms with E-state index in [1.165, 1.54) is 0 Å². The van der Waals surface area contributed by atoms with Crippen molar-refractivity contribution >= 4 is 36.4 Å². The van der Waals surface area contributed by atoms with Crippen molar-refractivity contribution in [1.29, 1.82) is 0 Å². The van der Waals surface area contributed by atoms with Crippen LogP contribution in [0.2, 0.25) is 0 Å². The minimum atomic E-state index is 0. The maximum atomic E-state index is 11.9. The van der Waals surface area contributed by atoms with Crippen LogP contribution in [0.4, 0.5) is 5.69 Å².